The minimum atomic E-state index is 0.0974. The number of nitrogens with one attached hydrogen (secondary N) is 2. The van der Waals surface area contributed by atoms with Crippen LogP contribution in [0, 0.1) is 6.92 Å². The quantitative estimate of drug-likeness (QED) is 0.549. The van der Waals surface area contributed by atoms with Crippen LogP contribution < -0.4 is 4.74 Å². The second kappa shape index (κ2) is 7.19. The summed E-state index contributed by atoms with van der Waals surface area (Å²) in [6, 6.07) is 4.04. The minimum Gasteiger partial charge on any atom is -0.474 e. The summed E-state index contributed by atoms with van der Waals surface area (Å²) in [4.78, 5) is 16.6. The van der Waals surface area contributed by atoms with Gasteiger partial charge in [0.1, 0.15) is 11.5 Å². The van der Waals surface area contributed by atoms with Crippen LogP contribution in [0.5, 0.6) is 5.88 Å². The predicted molar refractivity (Wildman–Crippen MR) is 103 cm³/mol. The molecule has 4 aromatic rings. The Morgan fingerprint density at radius 3 is 2.63 bits per heavy atom. The molecular weight excluding hydrogens is 340 g/mol. The van der Waals surface area contributed by atoms with Crippen molar-refractivity contribution in [3.63, 3.8) is 0 Å². The van der Waals surface area contributed by atoms with Gasteiger partial charge in [-0.3, -0.25) is 5.10 Å². The van der Waals surface area contributed by atoms with Crippen molar-refractivity contribution >= 4 is 11.0 Å². The van der Waals surface area contributed by atoms with Gasteiger partial charge in [-0.1, -0.05) is 0 Å². The standard InChI is InChI=1S/C20H22N6O/c1-12(2)27-19-7-16(25-26-19)6-18-21-9-14(10-22-18)5-15-11-24-20-17(15)4-13(3)8-23-20/h4,7-12H,5-6H2,1-3H3,(H,23,24)(H,25,26). The number of aromatic nitrogens is 6. The van der Waals surface area contributed by atoms with Gasteiger partial charge in [0, 0.05) is 54.8 Å². The van der Waals surface area contributed by atoms with Crippen LogP contribution in [-0.4, -0.2) is 36.2 Å². The van der Waals surface area contributed by atoms with Crippen LogP contribution >= 0.6 is 0 Å². The molecule has 2 N–H and O–H groups in total. The SMILES string of the molecule is Cc1cnc2[nH]cc(Cc3cnc(Cc4cc(OC(C)C)n[nH]4)nc3)c2c1. The summed E-state index contributed by atoms with van der Waals surface area (Å²) in [5.74, 6) is 1.34. The maximum absolute atomic E-state index is 5.56. The summed E-state index contributed by atoms with van der Waals surface area (Å²) >= 11 is 0. The fourth-order valence-corrected chi connectivity index (χ4v) is 3.00. The Labute approximate surface area is 157 Å². The Kier molecular flexibility index (Phi) is 4.58. The molecule has 4 rings (SSSR count). The Morgan fingerprint density at radius 2 is 1.85 bits per heavy atom. The molecule has 0 unspecified atom stereocenters. The van der Waals surface area contributed by atoms with Crippen LogP contribution in [0.15, 0.2) is 36.9 Å². The molecule has 0 aromatic carbocycles. The van der Waals surface area contributed by atoms with Crippen molar-refractivity contribution in [2.45, 2.75) is 39.7 Å². The zero-order chi connectivity index (χ0) is 18.8. The highest BCUT2D eigenvalue weighted by atomic mass is 16.5. The van der Waals surface area contributed by atoms with Crippen molar-refractivity contribution in [2.24, 2.45) is 0 Å². The topological polar surface area (TPSA) is 92.4 Å². The first kappa shape index (κ1) is 17.2. The molecule has 138 valence electrons. The molecule has 7 nitrogen and oxygen atoms in total. The molecule has 0 aliphatic heterocycles. The molecule has 7 heteroatoms. The number of pyridine rings is 1. The largest absolute Gasteiger partial charge is 0.474 e. The highest BCUT2D eigenvalue weighted by Crippen LogP contribution is 2.20. The Balaban J connectivity index is 1.45. The molecule has 0 radical (unpaired) electrons. The van der Waals surface area contributed by atoms with Crippen LogP contribution in [0.1, 0.15) is 42.1 Å². The first-order valence-electron chi connectivity index (χ1n) is 9.00. The van der Waals surface area contributed by atoms with Gasteiger partial charge in [0.2, 0.25) is 5.88 Å². The van der Waals surface area contributed by atoms with E-state index in [0.29, 0.717) is 12.3 Å². The molecule has 27 heavy (non-hydrogen) atoms. The summed E-state index contributed by atoms with van der Waals surface area (Å²) in [5.41, 5.74) is 5.25. The fourth-order valence-electron chi connectivity index (χ4n) is 3.00. The van der Waals surface area contributed by atoms with Gasteiger partial charge in [0.25, 0.3) is 0 Å². The average molecular weight is 362 g/mol. The number of aromatic amines is 2. The van der Waals surface area contributed by atoms with Crippen molar-refractivity contribution in [3.05, 3.63) is 65.1 Å². The minimum absolute atomic E-state index is 0.0974. The van der Waals surface area contributed by atoms with Crippen LogP contribution in [0.2, 0.25) is 0 Å². The number of hydrogen-bond donors (Lipinski definition) is 2. The van der Waals surface area contributed by atoms with Crippen molar-refractivity contribution < 1.29 is 4.74 Å². The van der Waals surface area contributed by atoms with E-state index in [1.807, 2.05) is 51.6 Å². The second-order valence-corrected chi connectivity index (χ2v) is 6.98. The monoisotopic (exact) mass is 362 g/mol. The zero-order valence-electron chi connectivity index (χ0n) is 15.7. The van der Waals surface area contributed by atoms with E-state index in [1.54, 1.807) is 0 Å². The van der Waals surface area contributed by atoms with Gasteiger partial charge in [-0.2, -0.15) is 0 Å². The maximum Gasteiger partial charge on any atom is 0.233 e. The molecule has 0 aliphatic carbocycles. The van der Waals surface area contributed by atoms with Crippen LogP contribution in [-0.2, 0) is 12.8 Å². The molecule has 0 saturated heterocycles. The number of aryl methyl sites for hydroxylation is 1. The highest BCUT2D eigenvalue weighted by molar-refractivity contribution is 5.80. The zero-order valence-corrected chi connectivity index (χ0v) is 15.7. The third-order valence-electron chi connectivity index (χ3n) is 4.22. The van der Waals surface area contributed by atoms with Gasteiger partial charge in [0.15, 0.2) is 0 Å². The third-order valence-corrected chi connectivity index (χ3v) is 4.22. The number of ether oxygens (including phenoxy) is 1. The Morgan fingerprint density at radius 1 is 1.04 bits per heavy atom. The smallest absolute Gasteiger partial charge is 0.233 e. The molecular formula is C20H22N6O. The Hall–Kier alpha value is -3.22. The van der Waals surface area contributed by atoms with Gasteiger partial charge in [-0.05, 0) is 43.5 Å². The molecule has 0 atom stereocenters. The van der Waals surface area contributed by atoms with Crippen LogP contribution in [0.3, 0.4) is 0 Å². The first-order chi connectivity index (χ1) is 13.1. The number of hydrogen-bond acceptors (Lipinski definition) is 5. The van der Waals surface area contributed by atoms with E-state index in [2.05, 4.69) is 36.2 Å². The number of rotatable bonds is 6. The van der Waals surface area contributed by atoms with Crippen molar-refractivity contribution in [2.75, 3.05) is 0 Å². The third kappa shape index (κ3) is 3.97. The number of H-pyrrole nitrogens is 2. The van der Waals surface area contributed by atoms with E-state index in [4.69, 9.17) is 4.74 Å². The first-order valence-corrected chi connectivity index (χ1v) is 9.00. The normalized spacial score (nSPS) is 11.4. The lowest BCUT2D eigenvalue weighted by atomic mass is 10.1. The maximum atomic E-state index is 5.56. The van der Waals surface area contributed by atoms with E-state index < -0.39 is 0 Å². The summed E-state index contributed by atoms with van der Waals surface area (Å²) in [7, 11) is 0. The van der Waals surface area contributed by atoms with E-state index in [9.17, 15) is 0 Å². The molecule has 0 saturated carbocycles. The predicted octanol–water partition coefficient (Wildman–Crippen LogP) is 3.35. The molecule has 0 aliphatic rings. The van der Waals surface area contributed by atoms with E-state index in [1.165, 1.54) is 5.56 Å². The van der Waals surface area contributed by atoms with Crippen molar-refractivity contribution in [3.8, 4) is 5.88 Å². The lowest BCUT2D eigenvalue weighted by Crippen LogP contribution is -2.05. The lowest BCUT2D eigenvalue weighted by Gasteiger charge is -2.04. The van der Waals surface area contributed by atoms with E-state index >= 15 is 0 Å². The molecule has 0 bridgehead atoms. The molecule has 0 spiro atoms. The lowest BCUT2D eigenvalue weighted by molar-refractivity contribution is 0.232. The summed E-state index contributed by atoms with van der Waals surface area (Å²) in [5, 5.41) is 8.26. The summed E-state index contributed by atoms with van der Waals surface area (Å²) in [6.45, 7) is 6.00. The number of fused-ring (bicyclic) bond motifs is 1. The number of nitrogens with zero attached hydrogens (tertiary/aromatic N) is 4. The average Bonchev–Trinajstić information content (AvgIpc) is 3.23. The van der Waals surface area contributed by atoms with Crippen molar-refractivity contribution in [1.29, 1.82) is 0 Å². The van der Waals surface area contributed by atoms with Gasteiger partial charge in [-0.25, -0.2) is 15.0 Å². The molecule has 4 aromatic heterocycles. The van der Waals surface area contributed by atoms with Gasteiger partial charge in [-0.15, -0.1) is 5.10 Å². The second-order valence-electron chi connectivity index (χ2n) is 6.98. The summed E-state index contributed by atoms with van der Waals surface area (Å²) < 4.78 is 5.56. The van der Waals surface area contributed by atoms with Crippen LogP contribution in [0.25, 0.3) is 11.0 Å². The molecule has 4 heterocycles. The van der Waals surface area contributed by atoms with Crippen LogP contribution in [0.4, 0.5) is 0 Å². The van der Waals surface area contributed by atoms with Crippen molar-refractivity contribution in [1.82, 2.24) is 30.1 Å². The molecule has 0 amide bonds. The van der Waals surface area contributed by atoms with Gasteiger partial charge >= 0.3 is 0 Å². The van der Waals surface area contributed by atoms with Gasteiger partial charge in [0.05, 0.1) is 6.10 Å². The summed E-state index contributed by atoms with van der Waals surface area (Å²) in [6.07, 6.45) is 9.09. The highest BCUT2D eigenvalue weighted by Gasteiger charge is 2.09. The van der Waals surface area contributed by atoms with E-state index in [-0.39, 0.29) is 6.10 Å². The fraction of sp³-hybridized carbons (Fsp3) is 0.300. The van der Waals surface area contributed by atoms with Gasteiger partial charge < -0.3 is 9.72 Å². The van der Waals surface area contributed by atoms with E-state index in [0.717, 1.165) is 40.1 Å². The Bertz CT molecular complexity index is 1050. The molecule has 0 fully saturated rings.